The molecule has 0 bridgehead atoms. The fourth-order valence-electron chi connectivity index (χ4n) is 3.13. The van der Waals surface area contributed by atoms with E-state index in [9.17, 15) is 0 Å². The topological polar surface area (TPSA) is 30.5 Å². The van der Waals surface area contributed by atoms with Gasteiger partial charge in [-0.15, -0.1) is 0 Å². The monoisotopic (exact) mass is 261 g/mol. The van der Waals surface area contributed by atoms with Crippen LogP contribution in [-0.4, -0.2) is 26.4 Å². The fraction of sp³-hybridized carbons (Fsp3) is 0.625. The summed E-state index contributed by atoms with van der Waals surface area (Å²) in [6.07, 6.45) is 3.87. The van der Waals surface area contributed by atoms with Crippen LogP contribution in [0.2, 0.25) is 0 Å². The van der Waals surface area contributed by atoms with E-state index in [1.807, 2.05) is 7.11 Å². The highest BCUT2D eigenvalue weighted by Gasteiger charge is 2.38. The van der Waals surface area contributed by atoms with Gasteiger partial charge in [-0.05, 0) is 30.9 Å². The van der Waals surface area contributed by atoms with Crippen LogP contribution < -0.4 is 10.1 Å². The van der Waals surface area contributed by atoms with Crippen molar-refractivity contribution in [1.29, 1.82) is 0 Å². The van der Waals surface area contributed by atoms with Crippen LogP contribution in [0.25, 0.3) is 0 Å². The Labute approximate surface area is 115 Å². The maximum atomic E-state index is 5.86. The van der Waals surface area contributed by atoms with Gasteiger partial charge in [0.15, 0.2) is 0 Å². The van der Waals surface area contributed by atoms with Gasteiger partial charge in [0.1, 0.15) is 5.75 Å². The SMILES string of the molecule is CCNC(c1cccc2c1OCC2)C(OC)C1CC1. The Balaban J connectivity index is 1.93. The zero-order valence-corrected chi connectivity index (χ0v) is 11.8. The average molecular weight is 261 g/mol. The fourth-order valence-corrected chi connectivity index (χ4v) is 3.13. The summed E-state index contributed by atoms with van der Waals surface area (Å²) in [5, 5.41) is 3.60. The van der Waals surface area contributed by atoms with E-state index in [4.69, 9.17) is 9.47 Å². The molecule has 2 aliphatic rings. The van der Waals surface area contributed by atoms with Gasteiger partial charge in [-0.3, -0.25) is 0 Å². The van der Waals surface area contributed by atoms with Gasteiger partial charge >= 0.3 is 0 Å². The van der Waals surface area contributed by atoms with Crippen LogP contribution in [-0.2, 0) is 11.2 Å². The number of nitrogens with one attached hydrogen (secondary N) is 1. The van der Waals surface area contributed by atoms with Gasteiger partial charge in [-0.25, -0.2) is 0 Å². The number of ether oxygens (including phenoxy) is 2. The molecule has 1 aliphatic heterocycles. The smallest absolute Gasteiger partial charge is 0.127 e. The molecule has 0 spiro atoms. The first-order valence-electron chi connectivity index (χ1n) is 7.36. The van der Waals surface area contributed by atoms with Crippen molar-refractivity contribution in [3.8, 4) is 5.75 Å². The van der Waals surface area contributed by atoms with E-state index in [-0.39, 0.29) is 12.1 Å². The first-order chi connectivity index (χ1) is 9.35. The summed E-state index contributed by atoms with van der Waals surface area (Å²) in [6.45, 7) is 3.91. The minimum absolute atomic E-state index is 0.246. The number of hydrogen-bond acceptors (Lipinski definition) is 3. The molecule has 2 unspecified atom stereocenters. The molecular formula is C16H23NO2. The predicted molar refractivity (Wildman–Crippen MR) is 75.6 cm³/mol. The summed E-state index contributed by atoms with van der Waals surface area (Å²) in [4.78, 5) is 0. The van der Waals surface area contributed by atoms with Crippen LogP contribution in [0.3, 0.4) is 0 Å². The second kappa shape index (κ2) is 5.51. The molecule has 1 aromatic carbocycles. The van der Waals surface area contributed by atoms with Crippen LogP contribution in [0, 0.1) is 5.92 Å². The van der Waals surface area contributed by atoms with Gasteiger partial charge in [0.2, 0.25) is 0 Å². The third kappa shape index (κ3) is 2.49. The van der Waals surface area contributed by atoms with Gasteiger partial charge in [0, 0.05) is 19.1 Å². The number of methoxy groups -OCH3 is 1. The molecule has 1 heterocycles. The highest BCUT2D eigenvalue weighted by Crippen LogP contribution is 2.43. The quantitative estimate of drug-likeness (QED) is 0.854. The zero-order valence-electron chi connectivity index (χ0n) is 11.8. The molecule has 0 aromatic heterocycles. The van der Waals surface area contributed by atoms with Crippen molar-refractivity contribution < 1.29 is 9.47 Å². The molecule has 1 aliphatic carbocycles. The maximum absolute atomic E-state index is 5.86. The van der Waals surface area contributed by atoms with Crippen molar-refractivity contribution in [3.05, 3.63) is 29.3 Å². The van der Waals surface area contributed by atoms with E-state index in [1.165, 1.54) is 24.0 Å². The van der Waals surface area contributed by atoms with Gasteiger partial charge in [0.05, 0.1) is 18.8 Å². The molecule has 1 fully saturated rings. The lowest BCUT2D eigenvalue weighted by molar-refractivity contribution is 0.0504. The number of rotatable bonds is 6. The van der Waals surface area contributed by atoms with E-state index in [0.29, 0.717) is 5.92 Å². The zero-order chi connectivity index (χ0) is 13.2. The van der Waals surface area contributed by atoms with E-state index in [0.717, 1.165) is 25.3 Å². The number of para-hydroxylation sites is 1. The molecule has 19 heavy (non-hydrogen) atoms. The number of hydrogen-bond donors (Lipinski definition) is 1. The first kappa shape index (κ1) is 12.9. The summed E-state index contributed by atoms with van der Waals surface area (Å²) in [6, 6.07) is 6.75. The average Bonchev–Trinajstić information content (AvgIpc) is 3.14. The predicted octanol–water partition coefficient (Wildman–Crippen LogP) is 2.70. The summed E-state index contributed by atoms with van der Waals surface area (Å²) >= 11 is 0. The lowest BCUT2D eigenvalue weighted by Gasteiger charge is -2.28. The van der Waals surface area contributed by atoms with Crippen LogP contribution in [0.15, 0.2) is 18.2 Å². The molecular weight excluding hydrogens is 238 g/mol. The van der Waals surface area contributed by atoms with E-state index < -0.39 is 0 Å². The maximum Gasteiger partial charge on any atom is 0.127 e. The van der Waals surface area contributed by atoms with E-state index >= 15 is 0 Å². The molecule has 1 aromatic rings. The summed E-state index contributed by atoms with van der Waals surface area (Å²) < 4.78 is 11.6. The van der Waals surface area contributed by atoms with Gasteiger partial charge in [0.25, 0.3) is 0 Å². The van der Waals surface area contributed by atoms with Crippen LogP contribution in [0.4, 0.5) is 0 Å². The third-order valence-corrected chi connectivity index (χ3v) is 4.19. The molecule has 0 amide bonds. The Morgan fingerprint density at radius 3 is 2.95 bits per heavy atom. The largest absolute Gasteiger partial charge is 0.493 e. The number of benzene rings is 1. The molecule has 0 saturated heterocycles. The number of fused-ring (bicyclic) bond motifs is 1. The third-order valence-electron chi connectivity index (χ3n) is 4.19. The molecule has 2 atom stereocenters. The van der Waals surface area contributed by atoms with Crippen molar-refractivity contribution >= 4 is 0 Å². The Morgan fingerprint density at radius 2 is 2.26 bits per heavy atom. The lowest BCUT2D eigenvalue weighted by atomic mass is 9.95. The minimum Gasteiger partial charge on any atom is -0.493 e. The molecule has 1 N–H and O–H groups in total. The van der Waals surface area contributed by atoms with Crippen LogP contribution >= 0.6 is 0 Å². The molecule has 3 nitrogen and oxygen atoms in total. The van der Waals surface area contributed by atoms with Crippen molar-refractivity contribution in [2.75, 3.05) is 20.3 Å². The van der Waals surface area contributed by atoms with E-state index in [2.05, 4.69) is 30.4 Å². The van der Waals surface area contributed by atoms with Gasteiger partial charge in [-0.1, -0.05) is 25.1 Å². The summed E-state index contributed by atoms with van der Waals surface area (Å²) in [7, 11) is 1.83. The molecule has 104 valence electrons. The van der Waals surface area contributed by atoms with E-state index in [1.54, 1.807) is 0 Å². The molecule has 3 rings (SSSR count). The second-order valence-electron chi connectivity index (χ2n) is 5.51. The minimum atomic E-state index is 0.246. The normalized spacial score (nSPS) is 20.7. The molecule has 3 heteroatoms. The Morgan fingerprint density at radius 1 is 1.42 bits per heavy atom. The molecule has 1 saturated carbocycles. The van der Waals surface area contributed by atoms with Crippen LogP contribution in [0.5, 0.6) is 5.75 Å². The van der Waals surface area contributed by atoms with Crippen molar-refractivity contribution in [2.24, 2.45) is 5.92 Å². The Hall–Kier alpha value is -1.06. The van der Waals surface area contributed by atoms with Gasteiger partial charge in [-0.2, -0.15) is 0 Å². The van der Waals surface area contributed by atoms with Crippen molar-refractivity contribution in [1.82, 2.24) is 5.32 Å². The lowest BCUT2D eigenvalue weighted by Crippen LogP contribution is -2.35. The Bertz CT molecular complexity index is 442. The van der Waals surface area contributed by atoms with Crippen LogP contribution in [0.1, 0.15) is 36.9 Å². The summed E-state index contributed by atoms with van der Waals surface area (Å²) in [5.74, 6) is 1.79. The highest BCUT2D eigenvalue weighted by molar-refractivity contribution is 5.46. The second-order valence-corrected chi connectivity index (χ2v) is 5.51. The highest BCUT2D eigenvalue weighted by atomic mass is 16.5. The van der Waals surface area contributed by atoms with Crippen molar-refractivity contribution in [3.63, 3.8) is 0 Å². The standard InChI is InChI=1S/C16H23NO2/c1-3-17-14(16(18-2)12-7-8-12)13-6-4-5-11-9-10-19-15(11)13/h4-6,12,14,16-17H,3,7-10H2,1-2H3. The van der Waals surface area contributed by atoms with Crippen molar-refractivity contribution in [2.45, 2.75) is 38.3 Å². The molecule has 0 radical (unpaired) electrons. The summed E-state index contributed by atoms with van der Waals surface area (Å²) in [5.41, 5.74) is 2.61. The Kier molecular flexibility index (Phi) is 3.76. The van der Waals surface area contributed by atoms with Gasteiger partial charge < -0.3 is 14.8 Å². The number of likely N-dealkylation sites (N-methyl/N-ethyl adjacent to an activating group) is 1. The first-order valence-corrected chi connectivity index (χ1v) is 7.36.